The average Bonchev–Trinajstić information content (AvgIpc) is 3.25. The van der Waals surface area contributed by atoms with Crippen molar-refractivity contribution in [3.05, 3.63) is 66.0 Å². The number of hydrogen-bond acceptors (Lipinski definition) is 8. The fourth-order valence-electron chi connectivity index (χ4n) is 3.34. The molecule has 9 heteroatoms. The molecule has 2 atom stereocenters. The molecule has 0 aliphatic rings. The molecule has 0 aliphatic heterocycles. The molecule has 0 bridgehead atoms. The number of aliphatic hydroxyl groups is 2. The molecule has 0 fully saturated rings. The van der Waals surface area contributed by atoms with Gasteiger partial charge in [0.25, 0.3) is 0 Å². The van der Waals surface area contributed by atoms with Crippen molar-refractivity contribution in [2.75, 3.05) is 17.2 Å². The first-order chi connectivity index (χ1) is 15.6. The maximum Gasteiger partial charge on any atom is 0.229 e. The minimum atomic E-state index is -0.760. The van der Waals surface area contributed by atoms with Gasteiger partial charge in [0.15, 0.2) is 5.65 Å². The third kappa shape index (κ3) is 4.68. The van der Waals surface area contributed by atoms with Crippen LogP contribution < -0.4 is 10.6 Å². The summed E-state index contributed by atoms with van der Waals surface area (Å²) in [7, 11) is 0. The molecule has 0 saturated carbocycles. The highest BCUT2D eigenvalue weighted by Crippen LogP contribution is 2.19. The average molecular weight is 434 g/mol. The molecule has 3 aromatic heterocycles. The predicted molar refractivity (Wildman–Crippen MR) is 123 cm³/mol. The lowest BCUT2D eigenvalue weighted by Gasteiger charge is -2.19. The highest BCUT2D eigenvalue weighted by molar-refractivity contribution is 5.59. The fourth-order valence-corrected chi connectivity index (χ4v) is 3.34. The quantitative estimate of drug-likeness (QED) is 0.318. The van der Waals surface area contributed by atoms with Crippen LogP contribution in [0, 0.1) is 0 Å². The molecule has 32 heavy (non-hydrogen) atoms. The second kappa shape index (κ2) is 9.71. The first-order valence-electron chi connectivity index (χ1n) is 10.6. The van der Waals surface area contributed by atoms with Crippen LogP contribution >= 0.6 is 0 Å². The first-order valence-corrected chi connectivity index (χ1v) is 10.6. The van der Waals surface area contributed by atoms with E-state index >= 15 is 0 Å². The van der Waals surface area contributed by atoms with Crippen molar-refractivity contribution in [2.45, 2.75) is 39.0 Å². The van der Waals surface area contributed by atoms with Gasteiger partial charge in [-0.25, -0.2) is 0 Å². The van der Waals surface area contributed by atoms with Crippen LogP contribution in [0.15, 0.2) is 54.9 Å². The Labute approximate surface area is 186 Å². The predicted octanol–water partition coefficient (Wildman–Crippen LogP) is 2.51. The third-order valence-electron chi connectivity index (χ3n) is 5.28. The maximum absolute atomic E-state index is 9.86. The number of rotatable bonds is 9. The number of hydrogen-bond donors (Lipinski definition) is 4. The van der Waals surface area contributed by atoms with E-state index in [9.17, 15) is 10.2 Å². The number of anilines is 2. The van der Waals surface area contributed by atoms with Gasteiger partial charge in [-0.15, -0.1) is 0 Å². The highest BCUT2D eigenvalue weighted by Gasteiger charge is 2.18. The largest absolute Gasteiger partial charge is 0.394 e. The molecule has 4 aromatic rings. The van der Waals surface area contributed by atoms with Gasteiger partial charge in [-0.3, -0.25) is 4.98 Å². The maximum atomic E-state index is 9.86. The SMILES string of the molecule is CCc1cnn2c(NCc3ccc(-c4ccccn4)cc3)nc(N[C@H](CO)[C@@H](C)O)nc12. The normalized spacial score (nSPS) is 13.1. The zero-order valence-corrected chi connectivity index (χ0v) is 18.1. The number of nitrogens with zero attached hydrogens (tertiary/aromatic N) is 5. The van der Waals surface area contributed by atoms with Crippen molar-refractivity contribution in [2.24, 2.45) is 0 Å². The van der Waals surface area contributed by atoms with E-state index in [2.05, 4.69) is 30.7 Å². The lowest BCUT2D eigenvalue weighted by Crippen LogP contribution is -2.35. The lowest BCUT2D eigenvalue weighted by atomic mass is 10.1. The van der Waals surface area contributed by atoms with Gasteiger partial charge in [-0.05, 0) is 31.0 Å². The standard InChI is InChI=1S/C23H27N7O2/c1-3-17-13-26-30-21(17)28-22(27-20(14-31)15(2)32)29-23(30)25-12-16-7-9-18(10-8-16)19-6-4-5-11-24-19/h4-11,13,15,20,31-32H,3,12,14H2,1-2H3,(H2,25,27,28,29)/t15-,20-/m1/s1. The summed E-state index contributed by atoms with van der Waals surface area (Å²) >= 11 is 0. The molecule has 166 valence electrons. The van der Waals surface area contributed by atoms with E-state index < -0.39 is 12.1 Å². The molecule has 0 radical (unpaired) electrons. The van der Waals surface area contributed by atoms with Gasteiger partial charge >= 0.3 is 0 Å². The second-order valence-electron chi connectivity index (χ2n) is 7.57. The lowest BCUT2D eigenvalue weighted by molar-refractivity contribution is 0.132. The van der Waals surface area contributed by atoms with E-state index in [0.29, 0.717) is 24.1 Å². The number of fused-ring (bicyclic) bond motifs is 1. The van der Waals surface area contributed by atoms with Crippen LogP contribution in [0.5, 0.6) is 0 Å². The molecule has 0 aliphatic carbocycles. The molecular weight excluding hydrogens is 406 g/mol. The van der Waals surface area contributed by atoms with Crippen molar-refractivity contribution in [1.82, 2.24) is 24.6 Å². The Balaban J connectivity index is 1.57. The summed E-state index contributed by atoms with van der Waals surface area (Å²) in [4.78, 5) is 13.5. The van der Waals surface area contributed by atoms with E-state index in [4.69, 9.17) is 0 Å². The van der Waals surface area contributed by atoms with E-state index in [1.807, 2.05) is 49.4 Å². The fraction of sp³-hybridized carbons (Fsp3) is 0.304. The topological polar surface area (TPSA) is 120 Å². The summed E-state index contributed by atoms with van der Waals surface area (Å²) in [5, 5.41) is 30.2. The number of pyridine rings is 1. The second-order valence-corrected chi connectivity index (χ2v) is 7.57. The molecule has 0 saturated heterocycles. The summed E-state index contributed by atoms with van der Waals surface area (Å²) in [5.41, 5.74) is 4.72. The Morgan fingerprint density at radius 2 is 1.91 bits per heavy atom. The molecule has 1 aromatic carbocycles. The number of aryl methyl sites for hydroxylation is 1. The summed E-state index contributed by atoms with van der Waals surface area (Å²) < 4.78 is 1.67. The van der Waals surface area contributed by atoms with Gasteiger partial charge < -0.3 is 20.8 Å². The molecule has 0 amide bonds. The minimum absolute atomic E-state index is 0.239. The van der Waals surface area contributed by atoms with E-state index in [1.54, 1.807) is 23.8 Å². The van der Waals surface area contributed by atoms with Crippen LogP contribution in [0.4, 0.5) is 11.9 Å². The van der Waals surface area contributed by atoms with Crippen molar-refractivity contribution in [1.29, 1.82) is 0 Å². The zero-order valence-electron chi connectivity index (χ0n) is 18.1. The molecule has 0 unspecified atom stereocenters. The van der Waals surface area contributed by atoms with Crippen LogP contribution in [0.25, 0.3) is 16.9 Å². The highest BCUT2D eigenvalue weighted by atomic mass is 16.3. The van der Waals surface area contributed by atoms with E-state index in [-0.39, 0.29) is 6.61 Å². The van der Waals surface area contributed by atoms with Crippen LogP contribution in [0.2, 0.25) is 0 Å². The Morgan fingerprint density at radius 1 is 1.09 bits per heavy atom. The Hall–Kier alpha value is -3.56. The smallest absolute Gasteiger partial charge is 0.229 e. The van der Waals surface area contributed by atoms with Crippen molar-refractivity contribution in [3.63, 3.8) is 0 Å². The number of benzene rings is 1. The monoisotopic (exact) mass is 433 g/mol. The van der Waals surface area contributed by atoms with Gasteiger partial charge in [0.2, 0.25) is 11.9 Å². The van der Waals surface area contributed by atoms with Crippen LogP contribution in [0.3, 0.4) is 0 Å². The minimum Gasteiger partial charge on any atom is -0.394 e. The number of aromatic nitrogens is 5. The van der Waals surface area contributed by atoms with Crippen molar-refractivity contribution < 1.29 is 10.2 Å². The summed E-state index contributed by atoms with van der Waals surface area (Å²) in [6, 6.07) is 13.5. The number of aliphatic hydroxyl groups excluding tert-OH is 2. The zero-order chi connectivity index (χ0) is 22.5. The Bertz CT molecular complexity index is 1160. The van der Waals surface area contributed by atoms with Gasteiger partial charge in [-0.2, -0.15) is 19.6 Å². The first kappa shape index (κ1) is 21.7. The van der Waals surface area contributed by atoms with Gasteiger partial charge in [0, 0.05) is 23.9 Å². The van der Waals surface area contributed by atoms with Gasteiger partial charge in [0.1, 0.15) is 0 Å². The molecule has 3 heterocycles. The molecule has 9 nitrogen and oxygen atoms in total. The van der Waals surface area contributed by atoms with Gasteiger partial charge in [0.05, 0.1) is 30.6 Å². The van der Waals surface area contributed by atoms with Gasteiger partial charge in [-0.1, -0.05) is 37.3 Å². The van der Waals surface area contributed by atoms with Crippen molar-refractivity contribution >= 4 is 17.5 Å². The Morgan fingerprint density at radius 3 is 2.56 bits per heavy atom. The molecule has 4 rings (SSSR count). The van der Waals surface area contributed by atoms with E-state index in [0.717, 1.165) is 28.8 Å². The third-order valence-corrected chi connectivity index (χ3v) is 5.28. The number of nitrogens with one attached hydrogen (secondary N) is 2. The van der Waals surface area contributed by atoms with Crippen LogP contribution in [-0.4, -0.2) is 53.5 Å². The molecular formula is C23H27N7O2. The van der Waals surface area contributed by atoms with E-state index in [1.165, 1.54) is 0 Å². The summed E-state index contributed by atoms with van der Waals surface area (Å²) in [6.07, 6.45) is 3.57. The van der Waals surface area contributed by atoms with Crippen LogP contribution in [-0.2, 0) is 13.0 Å². The molecule has 0 spiro atoms. The summed E-state index contributed by atoms with van der Waals surface area (Å²) in [5.74, 6) is 0.842. The molecule has 4 N–H and O–H groups in total. The van der Waals surface area contributed by atoms with Crippen molar-refractivity contribution in [3.8, 4) is 11.3 Å². The van der Waals surface area contributed by atoms with Crippen LogP contribution in [0.1, 0.15) is 25.0 Å². The summed E-state index contributed by atoms with van der Waals surface area (Å²) in [6.45, 7) is 3.94. The Kier molecular flexibility index (Phi) is 6.58.